The number of likely N-dealkylation sites (N-methyl/N-ethyl adjacent to an activating group) is 1. The largest absolute Gasteiger partial charge is 0.298 e. The van der Waals surface area contributed by atoms with Crippen molar-refractivity contribution in [2.75, 3.05) is 7.05 Å². The van der Waals surface area contributed by atoms with Crippen molar-refractivity contribution in [3.05, 3.63) is 11.3 Å². The molecule has 0 saturated carbocycles. The van der Waals surface area contributed by atoms with E-state index in [9.17, 15) is 4.79 Å². The van der Waals surface area contributed by atoms with Crippen LogP contribution in [0.25, 0.3) is 0 Å². The summed E-state index contributed by atoms with van der Waals surface area (Å²) in [5.74, 6) is 0.906. The molecule has 0 aromatic rings. The molecule has 1 heterocycles. The minimum Gasteiger partial charge on any atom is -0.298 e. The summed E-state index contributed by atoms with van der Waals surface area (Å²) in [6.45, 7) is 6.01. The van der Waals surface area contributed by atoms with Gasteiger partial charge >= 0.3 is 0 Å². The molecule has 13 heavy (non-hydrogen) atoms. The summed E-state index contributed by atoms with van der Waals surface area (Å²) in [5.41, 5.74) is 1.71. The van der Waals surface area contributed by atoms with Gasteiger partial charge in [0.15, 0.2) is 0 Å². The zero-order chi connectivity index (χ0) is 10.0. The normalized spacial score (nSPS) is 20.8. The van der Waals surface area contributed by atoms with Crippen LogP contribution in [-0.2, 0) is 4.79 Å². The lowest BCUT2D eigenvalue weighted by molar-refractivity contribution is -0.121. The number of amides is 1. The fraction of sp³-hybridized carbons (Fsp3) is 0.600. The highest BCUT2D eigenvalue weighted by atomic mass is 16.2. The number of hydrogen-bond donors (Lipinski definition) is 0. The molecular weight excluding hydrogens is 164 g/mol. The zero-order valence-electron chi connectivity index (χ0n) is 8.72. The smallest absolute Gasteiger partial charge is 0.277 e. The van der Waals surface area contributed by atoms with E-state index in [2.05, 4.69) is 4.99 Å². The van der Waals surface area contributed by atoms with Crippen molar-refractivity contribution in [2.45, 2.75) is 33.6 Å². The highest BCUT2D eigenvalue weighted by Gasteiger charge is 2.26. The molecule has 0 N–H and O–H groups in total. The standard InChI is InChI=1S/C10H16N2O/c1-5-7(3)9-10(13)12(4)8(6-2)11-9/h5-6H2,1-4H3/b9-7-. The predicted octanol–water partition coefficient (Wildman–Crippen LogP) is 1.95. The van der Waals surface area contributed by atoms with Gasteiger partial charge in [0, 0.05) is 13.5 Å². The molecule has 0 bridgehead atoms. The topological polar surface area (TPSA) is 32.7 Å². The number of rotatable bonds is 2. The van der Waals surface area contributed by atoms with Crippen LogP contribution in [0.4, 0.5) is 0 Å². The Morgan fingerprint density at radius 3 is 2.46 bits per heavy atom. The molecule has 72 valence electrons. The monoisotopic (exact) mass is 180 g/mol. The van der Waals surface area contributed by atoms with Gasteiger partial charge < -0.3 is 0 Å². The lowest BCUT2D eigenvalue weighted by atomic mass is 10.2. The highest BCUT2D eigenvalue weighted by molar-refractivity contribution is 6.12. The maximum Gasteiger partial charge on any atom is 0.277 e. The van der Waals surface area contributed by atoms with Gasteiger partial charge in [-0.25, -0.2) is 4.99 Å². The third-order valence-electron chi connectivity index (χ3n) is 2.39. The second-order valence-corrected chi connectivity index (χ2v) is 3.23. The minimum absolute atomic E-state index is 0.0381. The molecule has 3 heteroatoms. The number of carbonyl (C=O) groups excluding carboxylic acids is 1. The summed E-state index contributed by atoms with van der Waals surface area (Å²) in [5, 5.41) is 0. The van der Waals surface area contributed by atoms with Crippen molar-refractivity contribution in [3.63, 3.8) is 0 Å². The lowest BCUT2D eigenvalue weighted by Gasteiger charge is -2.08. The van der Waals surface area contributed by atoms with Gasteiger partial charge in [-0.05, 0) is 18.9 Å². The lowest BCUT2D eigenvalue weighted by Crippen LogP contribution is -2.27. The number of nitrogens with zero attached hydrogens (tertiary/aromatic N) is 2. The molecule has 0 spiro atoms. The van der Waals surface area contributed by atoms with Crippen LogP contribution >= 0.6 is 0 Å². The Kier molecular flexibility index (Phi) is 2.86. The fourth-order valence-corrected chi connectivity index (χ4v) is 1.29. The van der Waals surface area contributed by atoms with Crippen molar-refractivity contribution in [3.8, 4) is 0 Å². The van der Waals surface area contributed by atoms with E-state index in [0.29, 0.717) is 5.70 Å². The molecule has 0 aromatic heterocycles. The minimum atomic E-state index is 0.0381. The first-order chi connectivity index (χ1) is 6.11. The summed E-state index contributed by atoms with van der Waals surface area (Å²) in [7, 11) is 1.78. The van der Waals surface area contributed by atoms with Crippen LogP contribution in [0.1, 0.15) is 33.6 Å². The van der Waals surface area contributed by atoms with E-state index in [1.165, 1.54) is 0 Å². The molecule has 1 aliphatic heterocycles. The molecule has 1 amide bonds. The average molecular weight is 180 g/mol. The highest BCUT2D eigenvalue weighted by Crippen LogP contribution is 2.19. The molecule has 0 atom stereocenters. The SMILES string of the molecule is CCC1=N/C(=C(/C)CC)C(=O)N1C. The van der Waals surface area contributed by atoms with Gasteiger partial charge in [0.1, 0.15) is 11.5 Å². The number of aliphatic imine (C=N–C) groups is 1. The maximum absolute atomic E-state index is 11.6. The Labute approximate surface area is 79.1 Å². The third kappa shape index (κ3) is 1.64. The van der Waals surface area contributed by atoms with Gasteiger partial charge in [-0.3, -0.25) is 9.69 Å². The molecule has 3 nitrogen and oxygen atoms in total. The second kappa shape index (κ2) is 3.73. The molecule has 0 aromatic carbocycles. The van der Waals surface area contributed by atoms with Gasteiger partial charge in [0.25, 0.3) is 5.91 Å². The maximum atomic E-state index is 11.6. The third-order valence-corrected chi connectivity index (χ3v) is 2.39. The van der Waals surface area contributed by atoms with Gasteiger partial charge in [-0.1, -0.05) is 13.8 Å². The van der Waals surface area contributed by atoms with Gasteiger partial charge in [0.2, 0.25) is 0 Å². The van der Waals surface area contributed by atoms with Crippen molar-refractivity contribution in [1.29, 1.82) is 0 Å². The van der Waals surface area contributed by atoms with E-state index < -0.39 is 0 Å². The Hall–Kier alpha value is -1.12. The molecule has 0 saturated heterocycles. The summed E-state index contributed by atoms with van der Waals surface area (Å²) < 4.78 is 0. The Morgan fingerprint density at radius 1 is 1.46 bits per heavy atom. The summed E-state index contributed by atoms with van der Waals surface area (Å²) in [4.78, 5) is 17.6. The first-order valence-corrected chi connectivity index (χ1v) is 4.67. The first kappa shape index (κ1) is 9.96. The molecule has 0 unspecified atom stereocenters. The molecule has 0 aliphatic carbocycles. The van der Waals surface area contributed by atoms with Crippen LogP contribution in [0.2, 0.25) is 0 Å². The molecule has 0 radical (unpaired) electrons. The van der Waals surface area contributed by atoms with Crippen LogP contribution in [-0.4, -0.2) is 23.7 Å². The molecule has 0 fully saturated rings. The van der Waals surface area contributed by atoms with E-state index in [0.717, 1.165) is 24.3 Å². The van der Waals surface area contributed by atoms with Crippen LogP contribution in [0, 0.1) is 0 Å². The Bertz CT molecular complexity index is 289. The van der Waals surface area contributed by atoms with E-state index in [4.69, 9.17) is 0 Å². The number of hydrogen-bond acceptors (Lipinski definition) is 2. The molecule has 1 aliphatic rings. The van der Waals surface area contributed by atoms with Gasteiger partial charge in [-0.2, -0.15) is 0 Å². The van der Waals surface area contributed by atoms with Crippen LogP contribution in [0.5, 0.6) is 0 Å². The van der Waals surface area contributed by atoms with E-state index in [-0.39, 0.29) is 5.91 Å². The second-order valence-electron chi connectivity index (χ2n) is 3.23. The fourth-order valence-electron chi connectivity index (χ4n) is 1.29. The van der Waals surface area contributed by atoms with E-state index in [1.807, 2.05) is 20.8 Å². The van der Waals surface area contributed by atoms with Crippen molar-refractivity contribution < 1.29 is 4.79 Å². The van der Waals surface area contributed by atoms with Gasteiger partial charge in [0.05, 0.1) is 0 Å². The quantitative estimate of drug-likeness (QED) is 0.598. The van der Waals surface area contributed by atoms with Crippen LogP contribution in [0.3, 0.4) is 0 Å². The number of allylic oxidation sites excluding steroid dienone is 1. The van der Waals surface area contributed by atoms with E-state index >= 15 is 0 Å². The Balaban J connectivity index is 3.05. The zero-order valence-corrected chi connectivity index (χ0v) is 8.72. The number of carbonyl (C=O) groups is 1. The molecular formula is C10H16N2O. The Morgan fingerprint density at radius 2 is 2.08 bits per heavy atom. The van der Waals surface area contributed by atoms with Crippen LogP contribution < -0.4 is 0 Å². The van der Waals surface area contributed by atoms with Crippen molar-refractivity contribution in [2.24, 2.45) is 4.99 Å². The van der Waals surface area contributed by atoms with Crippen LogP contribution in [0.15, 0.2) is 16.3 Å². The summed E-state index contributed by atoms with van der Waals surface area (Å²) in [6.07, 6.45) is 1.69. The van der Waals surface area contributed by atoms with Crippen molar-refractivity contribution >= 4 is 11.7 Å². The van der Waals surface area contributed by atoms with Crippen molar-refractivity contribution in [1.82, 2.24) is 4.90 Å². The average Bonchev–Trinajstić information content (AvgIpc) is 2.43. The number of amidine groups is 1. The van der Waals surface area contributed by atoms with E-state index in [1.54, 1.807) is 11.9 Å². The first-order valence-electron chi connectivity index (χ1n) is 4.67. The predicted molar refractivity (Wildman–Crippen MR) is 53.5 cm³/mol. The summed E-state index contributed by atoms with van der Waals surface area (Å²) in [6, 6.07) is 0. The summed E-state index contributed by atoms with van der Waals surface area (Å²) >= 11 is 0. The molecule has 1 rings (SSSR count). The van der Waals surface area contributed by atoms with Gasteiger partial charge in [-0.15, -0.1) is 0 Å².